The summed E-state index contributed by atoms with van der Waals surface area (Å²) in [6, 6.07) is 5.91. The quantitative estimate of drug-likeness (QED) is 0.662. The molecule has 1 fully saturated rings. The number of carbonyl (C=O) groups excluding carboxylic acids is 1. The Morgan fingerprint density at radius 2 is 2.00 bits per heavy atom. The van der Waals surface area contributed by atoms with E-state index in [1.165, 1.54) is 11.3 Å². The lowest BCUT2D eigenvalue weighted by atomic mass is 10.1. The van der Waals surface area contributed by atoms with Gasteiger partial charge in [-0.1, -0.05) is 17.7 Å². The molecule has 3 aromatic rings. The lowest BCUT2D eigenvalue weighted by Gasteiger charge is -2.25. The highest BCUT2D eigenvalue weighted by molar-refractivity contribution is 7.99. The van der Waals surface area contributed by atoms with Crippen molar-refractivity contribution >= 4 is 44.9 Å². The summed E-state index contributed by atoms with van der Waals surface area (Å²) in [6.45, 7) is 8.44. The topological polar surface area (TPSA) is 78.1 Å². The fourth-order valence-corrected chi connectivity index (χ4v) is 5.66. The summed E-state index contributed by atoms with van der Waals surface area (Å²) >= 11 is 3.23. The molecule has 1 aliphatic rings. The average Bonchev–Trinajstić information content (AvgIpc) is 3.02. The summed E-state index contributed by atoms with van der Waals surface area (Å²) < 4.78 is 0. The van der Waals surface area contributed by atoms with E-state index in [0.29, 0.717) is 33.0 Å². The molecule has 1 amide bonds. The molecule has 2 aromatic heterocycles. The standard InChI is InChI=1S/C21H24N4O2S2/c1-12-4-5-15(13(2)10-12)22-20(27)18-14(3)17-19(26)23-16(24-21(17)29-18)11-25-6-8-28-9-7-25/h4-5,10H,6-9,11H2,1-3H3,(H,22,27)(H,23,24,26). The van der Waals surface area contributed by atoms with Crippen LogP contribution in [0.3, 0.4) is 0 Å². The minimum absolute atomic E-state index is 0.171. The molecule has 152 valence electrons. The monoisotopic (exact) mass is 428 g/mol. The number of rotatable bonds is 4. The van der Waals surface area contributed by atoms with Gasteiger partial charge in [0.25, 0.3) is 11.5 Å². The fraction of sp³-hybridized carbons (Fsp3) is 0.381. The van der Waals surface area contributed by atoms with E-state index in [4.69, 9.17) is 0 Å². The molecular weight excluding hydrogens is 404 g/mol. The van der Waals surface area contributed by atoms with Crippen molar-refractivity contribution < 1.29 is 4.79 Å². The number of thiophene rings is 1. The number of aromatic amines is 1. The number of nitrogens with zero attached hydrogens (tertiary/aromatic N) is 2. The van der Waals surface area contributed by atoms with Crippen LogP contribution in [0.2, 0.25) is 0 Å². The maximum Gasteiger partial charge on any atom is 0.266 e. The predicted molar refractivity (Wildman–Crippen MR) is 121 cm³/mol. The number of hydrogen-bond acceptors (Lipinski definition) is 6. The maximum absolute atomic E-state index is 12.9. The maximum atomic E-state index is 12.9. The highest BCUT2D eigenvalue weighted by atomic mass is 32.2. The number of thioether (sulfide) groups is 1. The van der Waals surface area contributed by atoms with Gasteiger partial charge in [-0.05, 0) is 38.0 Å². The van der Waals surface area contributed by atoms with Gasteiger partial charge in [0.2, 0.25) is 0 Å². The molecule has 0 atom stereocenters. The molecule has 4 rings (SSSR count). The first-order chi connectivity index (χ1) is 13.9. The fourth-order valence-electron chi connectivity index (χ4n) is 3.58. The number of anilines is 1. The van der Waals surface area contributed by atoms with Gasteiger partial charge < -0.3 is 10.3 Å². The molecular formula is C21H24N4O2S2. The zero-order valence-corrected chi connectivity index (χ0v) is 18.4. The van der Waals surface area contributed by atoms with Gasteiger partial charge in [0.15, 0.2) is 0 Å². The minimum atomic E-state index is -0.202. The number of carbonyl (C=O) groups is 1. The summed E-state index contributed by atoms with van der Waals surface area (Å²) in [5.41, 5.74) is 3.45. The highest BCUT2D eigenvalue weighted by Gasteiger charge is 2.21. The summed E-state index contributed by atoms with van der Waals surface area (Å²) in [7, 11) is 0. The zero-order chi connectivity index (χ0) is 20.5. The van der Waals surface area contributed by atoms with Crippen molar-refractivity contribution in [3.05, 3.63) is 55.9 Å². The number of fused-ring (bicyclic) bond motifs is 1. The molecule has 1 aromatic carbocycles. The smallest absolute Gasteiger partial charge is 0.266 e. The van der Waals surface area contributed by atoms with Crippen LogP contribution in [0.1, 0.15) is 32.2 Å². The Hall–Kier alpha value is -2.16. The van der Waals surface area contributed by atoms with E-state index in [9.17, 15) is 9.59 Å². The molecule has 0 unspecified atom stereocenters. The summed E-state index contributed by atoms with van der Waals surface area (Å²) in [6.07, 6.45) is 0. The van der Waals surface area contributed by atoms with Gasteiger partial charge in [0.05, 0.1) is 16.8 Å². The Labute approximate surface area is 177 Å². The Balaban J connectivity index is 1.63. The zero-order valence-electron chi connectivity index (χ0n) is 16.8. The van der Waals surface area contributed by atoms with Crippen molar-refractivity contribution in [2.45, 2.75) is 27.3 Å². The van der Waals surface area contributed by atoms with Crippen molar-refractivity contribution in [1.29, 1.82) is 0 Å². The number of aromatic nitrogens is 2. The molecule has 0 bridgehead atoms. The summed E-state index contributed by atoms with van der Waals surface area (Å²) in [5.74, 6) is 2.67. The van der Waals surface area contributed by atoms with E-state index in [1.54, 1.807) is 0 Å². The normalized spacial score (nSPS) is 15.0. The van der Waals surface area contributed by atoms with Gasteiger partial charge in [-0.3, -0.25) is 14.5 Å². The van der Waals surface area contributed by atoms with Crippen LogP contribution >= 0.6 is 23.1 Å². The lowest BCUT2D eigenvalue weighted by molar-refractivity contribution is 0.103. The molecule has 3 heterocycles. The number of H-pyrrole nitrogens is 1. The number of benzene rings is 1. The average molecular weight is 429 g/mol. The van der Waals surface area contributed by atoms with Gasteiger partial charge in [-0.25, -0.2) is 4.98 Å². The Morgan fingerprint density at radius 1 is 1.24 bits per heavy atom. The SMILES string of the molecule is Cc1ccc(NC(=O)c2sc3nc(CN4CCSCC4)[nH]c(=O)c3c2C)c(C)c1. The van der Waals surface area contributed by atoms with E-state index in [2.05, 4.69) is 20.2 Å². The Morgan fingerprint density at radius 3 is 2.72 bits per heavy atom. The molecule has 1 saturated heterocycles. The van der Waals surface area contributed by atoms with Crippen LogP contribution in [-0.2, 0) is 6.54 Å². The van der Waals surface area contributed by atoms with Crippen LogP contribution in [0, 0.1) is 20.8 Å². The predicted octanol–water partition coefficient (Wildman–Crippen LogP) is 3.71. The summed E-state index contributed by atoms with van der Waals surface area (Å²) in [4.78, 5) is 36.6. The number of nitrogens with one attached hydrogen (secondary N) is 2. The van der Waals surface area contributed by atoms with E-state index in [1.807, 2.05) is 50.7 Å². The van der Waals surface area contributed by atoms with Crippen molar-refractivity contribution in [3.63, 3.8) is 0 Å². The highest BCUT2D eigenvalue weighted by Crippen LogP contribution is 2.28. The third kappa shape index (κ3) is 4.24. The van der Waals surface area contributed by atoms with Gasteiger partial charge in [0.1, 0.15) is 10.7 Å². The van der Waals surface area contributed by atoms with Crippen LogP contribution in [0.15, 0.2) is 23.0 Å². The molecule has 29 heavy (non-hydrogen) atoms. The van der Waals surface area contributed by atoms with Crippen molar-refractivity contribution in [1.82, 2.24) is 14.9 Å². The summed E-state index contributed by atoms with van der Waals surface area (Å²) in [5, 5.41) is 3.49. The molecule has 0 saturated carbocycles. The van der Waals surface area contributed by atoms with E-state index in [0.717, 1.165) is 41.4 Å². The third-order valence-electron chi connectivity index (χ3n) is 5.16. The molecule has 0 spiro atoms. The molecule has 2 N–H and O–H groups in total. The molecule has 6 nitrogen and oxygen atoms in total. The number of aryl methyl sites for hydroxylation is 3. The van der Waals surface area contributed by atoms with Crippen LogP contribution in [-0.4, -0.2) is 45.4 Å². The first-order valence-corrected chi connectivity index (χ1v) is 11.6. The van der Waals surface area contributed by atoms with Gasteiger partial charge in [-0.2, -0.15) is 11.8 Å². The molecule has 0 aliphatic carbocycles. The lowest BCUT2D eigenvalue weighted by Crippen LogP contribution is -2.33. The van der Waals surface area contributed by atoms with E-state index in [-0.39, 0.29) is 11.5 Å². The number of hydrogen-bond donors (Lipinski definition) is 2. The van der Waals surface area contributed by atoms with E-state index < -0.39 is 0 Å². The Kier molecular flexibility index (Phi) is 5.76. The van der Waals surface area contributed by atoms with Crippen molar-refractivity contribution in [3.8, 4) is 0 Å². The van der Waals surface area contributed by atoms with Gasteiger partial charge >= 0.3 is 0 Å². The second kappa shape index (κ2) is 8.30. The second-order valence-electron chi connectivity index (χ2n) is 7.41. The first-order valence-electron chi connectivity index (χ1n) is 9.63. The van der Waals surface area contributed by atoms with Crippen molar-refractivity contribution in [2.24, 2.45) is 0 Å². The van der Waals surface area contributed by atoms with Crippen LogP contribution in [0.5, 0.6) is 0 Å². The van der Waals surface area contributed by atoms with Crippen molar-refractivity contribution in [2.75, 3.05) is 29.9 Å². The molecule has 1 aliphatic heterocycles. The molecule has 0 radical (unpaired) electrons. The van der Waals surface area contributed by atoms with Gasteiger partial charge in [-0.15, -0.1) is 11.3 Å². The van der Waals surface area contributed by atoms with Crippen LogP contribution in [0.4, 0.5) is 5.69 Å². The van der Waals surface area contributed by atoms with E-state index >= 15 is 0 Å². The first kappa shape index (κ1) is 20.1. The third-order valence-corrected chi connectivity index (χ3v) is 7.29. The largest absolute Gasteiger partial charge is 0.321 e. The number of amides is 1. The second-order valence-corrected chi connectivity index (χ2v) is 9.63. The van der Waals surface area contributed by atoms with Crippen LogP contribution in [0.25, 0.3) is 10.2 Å². The van der Waals surface area contributed by atoms with Crippen LogP contribution < -0.4 is 10.9 Å². The minimum Gasteiger partial charge on any atom is -0.321 e. The molecule has 8 heteroatoms. The van der Waals surface area contributed by atoms with Gasteiger partial charge in [0, 0.05) is 30.3 Å². The Bertz CT molecular complexity index is 1130.